The van der Waals surface area contributed by atoms with Gasteiger partial charge in [-0.2, -0.15) is 4.31 Å². The van der Waals surface area contributed by atoms with Gasteiger partial charge in [0.1, 0.15) is 5.75 Å². The topological polar surface area (TPSA) is 157 Å². The highest BCUT2D eigenvalue weighted by molar-refractivity contribution is 7.89. The van der Waals surface area contributed by atoms with Gasteiger partial charge in [0.15, 0.2) is 0 Å². The Morgan fingerprint density at radius 3 is 2.26 bits per heavy atom. The van der Waals surface area contributed by atoms with Gasteiger partial charge in [0.05, 0.1) is 24.6 Å². The minimum absolute atomic E-state index is 0.0487. The molecule has 12 nitrogen and oxygen atoms in total. The zero-order chi connectivity index (χ0) is 27.7. The SMILES string of the molecule is COc1ccc(S(=O)(=O)N(CCC(=O)N2CCC(CNC(=O)O)CC2)CC(=O)N(O)C2CCCCC2)cc1. The lowest BCUT2D eigenvalue weighted by Gasteiger charge is -2.33. The average Bonchev–Trinajstić information content (AvgIpc) is 2.94. The molecule has 0 atom stereocenters. The van der Waals surface area contributed by atoms with Crippen molar-refractivity contribution in [1.82, 2.24) is 19.6 Å². The fourth-order valence-corrected chi connectivity index (χ4v) is 6.32. The summed E-state index contributed by atoms with van der Waals surface area (Å²) in [7, 11) is -2.69. The first-order valence-corrected chi connectivity index (χ1v) is 14.5. The first kappa shape index (κ1) is 29.7. The number of hydrogen-bond acceptors (Lipinski definition) is 7. The molecule has 1 aromatic carbocycles. The molecule has 212 valence electrons. The van der Waals surface area contributed by atoms with Crippen LogP contribution >= 0.6 is 0 Å². The maximum absolute atomic E-state index is 13.5. The van der Waals surface area contributed by atoms with Crippen molar-refractivity contribution in [2.45, 2.75) is 62.3 Å². The van der Waals surface area contributed by atoms with Crippen LogP contribution in [0.2, 0.25) is 0 Å². The molecule has 3 amide bonds. The highest BCUT2D eigenvalue weighted by Gasteiger charge is 2.32. The molecule has 1 aromatic rings. The first-order chi connectivity index (χ1) is 18.1. The molecule has 0 spiro atoms. The van der Waals surface area contributed by atoms with Crippen LogP contribution in [0.15, 0.2) is 29.2 Å². The predicted molar refractivity (Wildman–Crippen MR) is 137 cm³/mol. The van der Waals surface area contributed by atoms with Gasteiger partial charge in [0.25, 0.3) is 5.91 Å². The van der Waals surface area contributed by atoms with Gasteiger partial charge < -0.3 is 20.1 Å². The number of nitrogens with zero attached hydrogens (tertiary/aromatic N) is 3. The Morgan fingerprint density at radius 1 is 1.05 bits per heavy atom. The number of piperidine rings is 1. The minimum Gasteiger partial charge on any atom is -0.497 e. The number of carbonyl (C=O) groups is 3. The lowest BCUT2D eigenvalue weighted by atomic mass is 9.95. The third-order valence-electron chi connectivity index (χ3n) is 7.27. The number of methoxy groups -OCH3 is 1. The number of ether oxygens (including phenoxy) is 1. The highest BCUT2D eigenvalue weighted by atomic mass is 32.2. The standard InChI is InChI=1S/C25H38N4O8S/c1-37-21-7-9-22(10-8-21)38(35,36)28(18-24(31)29(34)20-5-3-2-4-6-20)16-13-23(30)27-14-11-19(12-15-27)17-26-25(32)33/h7-10,19-20,26,34H,2-6,11-18H2,1H3,(H,32,33). The second-order valence-corrected chi connectivity index (χ2v) is 11.7. The Labute approximate surface area is 223 Å². The number of hydroxylamine groups is 2. The zero-order valence-corrected chi connectivity index (χ0v) is 22.6. The second kappa shape index (κ2) is 13.8. The molecule has 0 bridgehead atoms. The molecule has 0 unspecified atom stereocenters. The van der Waals surface area contributed by atoms with Gasteiger partial charge >= 0.3 is 6.09 Å². The van der Waals surface area contributed by atoms with E-state index < -0.39 is 28.6 Å². The maximum Gasteiger partial charge on any atom is 0.404 e. The summed E-state index contributed by atoms with van der Waals surface area (Å²) in [6.45, 7) is 0.406. The smallest absolute Gasteiger partial charge is 0.404 e. The fraction of sp³-hybridized carbons (Fsp3) is 0.640. The highest BCUT2D eigenvalue weighted by Crippen LogP contribution is 2.24. The van der Waals surface area contributed by atoms with Crippen LogP contribution in [0.1, 0.15) is 51.4 Å². The molecule has 0 aromatic heterocycles. The average molecular weight is 555 g/mol. The van der Waals surface area contributed by atoms with Crippen LogP contribution in [0, 0.1) is 5.92 Å². The zero-order valence-electron chi connectivity index (χ0n) is 21.8. The molecule has 2 aliphatic rings. The molecule has 38 heavy (non-hydrogen) atoms. The van der Waals surface area contributed by atoms with Crippen molar-refractivity contribution in [2.24, 2.45) is 5.92 Å². The van der Waals surface area contributed by atoms with E-state index in [2.05, 4.69) is 5.32 Å². The number of likely N-dealkylation sites (tertiary alicyclic amines) is 1. The maximum atomic E-state index is 13.5. The summed E-state index contributed by atoms with van der Waals surface area (Å²) in [6.07, 6.45) is 4.19. The quantitative estimate of drug-likeness (QED) is 0.277. The van der Waals surface area contributed by atoms with Crippen LogP contribution < -0.4 is 10.1 Å². The Kier molecular flexibility index (Phi) is 10.7. The van der Waals surface area contributed by atoms with Gasteiger partial charge in [-0.15, -0.1) is 0 Å². The Bertz CT molecular complexity index is 1050. The number of benzene rings is 1. The Balaban J connectivity index is 1.67. The van der Waals surface area contributed by atoms with E-state index in [4.69, 9.17) is 9.84 Å². The van der Waals surface area contributed by atoms with Crippen molar-refractivity contribution in [3.63, 3.8) is 0 Å². The van der Waals surface area contributed by atoms with E-state index in [9.17, 15) is 28.0 Å². The van der Waals surface area contributed by atoms with E-state index in [1.54, 1.807) is 4.90 Å². The summed E-state index contributed by atoms with van der Waals surface area (Å²) in [6, 6.07) is 5.41. The summed E-state index contributed by atoms with van der Waals surface area (Å²) in [5.41, 5.74) is 0. The molecule has 1 aliphatic carbocycles. The second-order valence-electron chi connectivity index (χ2n) is 9.80. The predicted octanol–water partition coefficient (Wildman–Crippen LogP) is 2.13. The summed E-state index contributed by atoms with van der Waals surface area (Å²) >= 11 is 0. The third kappa shape index (κ3) is 8.05. The third-order valence-corrected chi connectivity index (χ3v) is 9.13. The molecule has 2 fully saturated rings. The largest absolute Gasteiger partial charge is 0.497 e. The molecule has 1 aliphatic heterocycles. The summed E-state index contributed by atoms with van der Waals surface area (Å²) in [5.74, 6) is -0.365. The number of carbonyl (C=O) groups excluding carboxylic acids is 2. The molecule has 0 radical (unpaired) electrons. The number of rotatable bonds is 11. The van der Waals surface area contributed by atoms with Gasteiger partial charge in [-0.05, 0) is 55.9 Å². The van der Waals surface area contributed by atoms with Gasteiger partial charge in [-0.3, -0.25) is 14.8 Å². The van der Waals surface area contributed by atoms with Crippen LogP contribution in [0.3, 0.4) is 0 Å². The summed E-state index contributed by atoms with van der Waals surface area (Å²) < 4.78 is 33.0. The van der Waals surface area contributed by atoms with Crippen LogP contribution in [0.5, 0.6) is 5.75 Å². The minimum atomic E-state index is -4.15. The number of nitrogens with one attached hydrogen (secondary N) is 1. The van der Waals surface area contributed by atoms with E-state index in [-0.39, 0.29) is 35.7 Å². The van der Waals surface area contributed by atoms with Crippen LogP contribution in [-0.4, -0.2) is 96.8 Å². The van der Waals surface area contributed by atoms with E-state index in [1.165, 1.54) is 31.4 Å². The van der Waals surface area contributed by atoms with Crippen molar-refractivity contribution in [3.8, 4) is 5.75 Å². The first-order valence-electron chi connectivity index (χ1n) is 13.0. The monoisotopic (exact) mass is 554 g/mol. The fourth-order valence-electron chi connectivity index (χ4n) is 4.93. The summed E-state index contributed by atoms with van der Waals surface area (Å²) in [5, 5.41) is 22.3. The van der Waals surface area contributed by atoms with Crippen LogP contribution in [0.4, 0.5) is 4.79 Å². The number of sulfonamides is 1. The van der Waals surface area contributed by atoms with Crippen molar-refractivity contribution in [1.29, 1.82) is 0 Å². The normalized spacial score (nSPS) is 17.3. The Morgan fingerprint density at radius 2 is 1.68 bits per heavy atom. The lowest BCUT2D eigenvalue weighted by Crippen LogP contribution is -2.47. The molecule has 13 heteroatoms. The molecule has 3 rings (SSSR count). The molecular weight excluding hydrogens is 516 g/mol. The number of amides is 3. The van der Waals surface area contributed by atoms with E-state index in [0.29, 0.717) is 56.1 Å². The molecular formula is C25H38N4O8S. The van der Waals surface area contributed by atoms with Crippen LogP contribution in [-0.2, 0) is 19.6 Å². The van der Waals surface area contributed by atoms with Gasteiger partial charge in [-0.25, -0.2) is 18.3 Å². The van der Waals surface area contributed by atoms with E-state index >= 15 is 0 Å². The van der Waals surface area contributed by atoms with Crippen LogP contribution in [0.25, 0.3) is 0 Å². The number of hydrogen-bond donors (Lipinski definition) is 3. The van der Waals surface area contributed by atoms with Crippen molar-refractivity contribution < 1.29 is 37.9 Å². The molecule has 1 heterocycles. The van der Waals surface area contributed by atoms with E-state index in [0.717, 1.165) is 23.6 Å². The summed E-state index contributed by atoms with van der Waals surface area (Å²) in [4.78, 5) is 38.1. The van der Waals surface area contributed by atoms with Gasteiger partial charge in [0, 0.05) is 32.6 Å². The molecule has 1 saturated heterocycles. The van der Waals surface area contributed by atoms with Crippen molar-refractivity contribution >= 4 is 27.9 Å². The molecule has 1 saturated carbocycles. The van der Waals surface area contributed by atoms with Gasteiger partial charge in [-0.1, -0.05) is 19.3 Å². The van der Waals surface area contributed by atoms with Crippen molar-refractivity contribution in [2.75, 3.05) is 39.8 Å². The number of carboxylic acid groups (broad SMARTS) is 1. The van der Waals surface area contributed by atoms with Gasteiger partial charge in [0.2, 0.25) is 15.9 Å². The molecule has 3 N–H and O–H groups in total. The van der Waals surface area contributed by atoms with E-state index in [1.807, 2.05) is 0 Å². The van der Waals surface area contributed by atoms with Crippen molar-refractivity contribution in [3.05, 3.63) is 24.3 Å². The Hall–Kier alpha value is -2.90. The lowest BCUT2D eigenvalue weighted by molar-refractivity contribution is -0.178.